The van der Waals surface area contributed by atoms with Crippen LogP contribution in [0.2, 0.25) is 0 Å². The van der Waals surface area contributed by atoms with Crippen LogP contribution in [0.1, 0.15) is 105 Å². The Morgan fingerprint density at radius 2 is 1.09 bits per heavy atom. The summed E-state index contributed by atoms with van der Waals surface area (Å²) >= 11 is 0. The maximum Gasteiger partial charge on any atom is 0.193 e. The van der Waals surface area contributed by atoms with Crippen molar-refractivity contribution in [2.24, 2.45) is 0 Å². The first-order chi connectivity index (χ1) is 25.9. The Hall–Kier alpha value is -6.14. The van der Waals surface area contributed by atoms with E-state index in [2.05, 4.69) is 20.0 Å². The van der Waals surface area contributed by atoms with Crippen molar-refractivity contribution >= 4 is 11.4 Å². The Bertz CT molecular complexity index is 2330. The molecule has 0 bridgehead atoms. The van der Waals surface area contributed by atoms with E-state index in [0.717, 1.165) is 117 Å². The fourth-order valence-corrected chi connectivity index (χ4v) is 6.87. The van der Waals surface area contributed by atoms with Gasteiger partial charge in [-0.1, -0.05) is 10.3 Å². The van der Waals surface area contributed by atoms with Crippen molar-refractivity contribution in [3.63, 3.8) is 0 Å². The minimum Gasteiger partial charge on any atom is -0.454 e. The van der Waals surface area contributed by atoms with Gasteiger partial charge in [0, 0.05) is 24.0 Å². The van der Waals surface area contributed by atoms with Gasteiger partial charge in [-0.05, 0) is 128 Å². The Morgan fingerprint density at radius 1 is 0.630 bits per heavy atom. The van der Waals surface area contributed by atoms with Gasteiger partial charge in [-0.25, -0.2) is 9.69 Å². The summed E-state index contributed by atoms with van der Waals surface area (Å²) in [6.07, 6.45) is 4.58. The quantitative estimate of drug-likeness (QED) is 0.128. The number of aromatic nitrogens is 6. The zero-order valence-electron chi connectivity index (χ0n) is 32.1. The average Bonchev–Trinajstić information content (AvgIpc) is 4.01. The van der Waals surface area contributed by atoms with Crippen molar-refractivity contribution in [2.45, 2.75) is 106 Å². The van der Waals surface area contributed by atoms with Crippen LogP contribution in [0.15, 0.2) is 45.4 Å². The van der Waals surface area contributed by atoms with Gasteiger partial charge in [-0.2, -0.15) is 10.2 Å². The maximum atomic E-state index is 7.32. The molecule has 54 heavy (non-hydrogen) atoms. The minimum absolute atomic E-state index is 0.462. The van der Waals surface area contributed by atoms with Crippen LogP contribution < -0.4 is 9.47 Å². The van der Waals surface area contributed by atoms with Gasteiger partial charge >= 0.3 is 0 Å². The van der Waals surface area contributed by atoms with E-state index in [1.807, 2.05) is 101 Å². The molecule has 12 heteroatoms. The number of rotatable bonds is 10. The molecule has 2 saturated carbocycles. The second kappa shape index (κ2) is 14.7. The number of hydrogen-bond acceptors (Lipinski definition) is 8. The molecule has 0 radical (unpaired) electrons. The van der Waals surface area contributed by atoms with Crippen molar-refractivity contribution in [1.29, 1.82) is 0 Å². The number of aryl methyl sites for hydroxylation is 7. The van der Waals surface area contributed by atoms with Crippen LogP contribution in [0.5, 0.6) is 23.0 Å². The smallest absolute Gasteiger partial charge is 0.193 e. The summed E-state index contributed by atoms with van der Waals surface area (Å²) in [4.78, 5) is 7.21. The second-order valence-electron chi connectivity index (χ2n) is 14.6. The molecule has 2 aliphatic carbocycles. The number of benzene rings is 2. The van der Waals surface area contributed by atoms with Gasteiger partial charge in [-0.15, -0.1) is 0 Å². The first kappa shape index (κ1) is 36.2. The van der Waals surface area contributed by atoms with E-state index >= 15 is 0 Å². The highest BCUT2D eigenvalue weighted by Gasteiger charge is 2.34. The standard InChI is InChI=1S/2C21H22N4O2/c1-12-8-18(9-13(2)19(12)22-5)26-21-15(4)25(23-20(21)16-6-7-16)11-17-10-14(3)27-24-17;1-12-8-18(9-13(2)19(12)22-5)26-21-15(4)23-25(20(21)16-6-7-16)11-17-10-14(3)27-24-17/h2*8-10,16H,6-7,11H2,1-4H3. The van der Waals surface area contributed by atoms with Gasteiger partial charge in [0.15, 0.2) is 22.9 Å². The van der Waals surface area contributed by atoms with Crippen LogP contribution in [0.4, 0.5) is 11.4 Å². The van der Waals surface area contributed by atoms with Crippen LogP contribution in [0, 0.1) is 68.5 Å². The van der Waals surface area contributed by atoms with Gasteiger partial charge < -0.3 is 18.5 Å². The number of ether oxygens (including phenoxy) is 2. The molecule has 0 saturated heterocycles. The third kappa shape index (κ3) is 7.65. The summed E-state index contributed by atoms with van der Waals surface area (Å²) < 4.78 is 26.9. The molecular formula is C42H44N8O4. The molecule has 0 amide bonds. The minimum atomic E-state index is 0.462. The summed E-state index contributed by atoms with van der Waals surface area (Å²) in [5, 5.41) is 17.7. The molecule has 4 aromatic heterocycles. The monoisotopic (exact) mass is 724 g/mol. The van der Waals surface area contributed by atoms with Gasteiger partial charge in [0.1, 0.15) is 45.8 Å². The molecule has 276 valence electrons. The van der Waals surface area contributed by atoms with Crippen LogP contribution >= 0.6 is 0 Å². The molecule has 0 unspecified atom stereocenters. The molecule has 0 aliphatic heterocycles. The molecule has 12 nitrogen and oxygen atoms in total. The number of hydrogen-bond donors (Lipinski definition) is 0. The Morgan fingerprint density at radius 3 is 1.52 bits per heavy atom. The van der Waals surface area contributed by atoms with Crippen molar-refractivity contribution in [3.05, 3.63) is 127 Å². The first-order valence-corrected chi connectivity index (χ1v) is 18.2. The van der Waals surface area contributed by atoms with Crippen molar-refractivity contribution in [1.82, 2.24) is 29.9 Å². The predicted octanol–water partition coefficient (Wildman–Crippen LogP) is 10.7. The van der Waals surface area contributed by atoms with E-state index in [-0.39, 0.29) is 0 Å². The highest BCUT2D eigenvalue weighted by atomic mass is 16.5. The number of nitrogens with zero attached hydrogens (tertiary/aromatic N) is 8. The maximum absolute atomic E-state index is 7.32. The van der Waals surface area contributed by atoms with Crippen molar-refractivity contribution in [2.75, 3.05) is 0 Å². The van der Waals surface area contributed by atoms with E-state index in [0.29, 0.717) is 36.3 Å². The summed E-state index contributed by atoms with van der Waals surface area (Å²) in [6.45, 7) is 31.3. The van der Waals surface area contributed by atoms with Gasteiger partial charge in [0.05, 0.1) is 37.6 Å². The van der Waals surface area contributed by atoms with Gasteiger partial charge in [-0.3, -0.25) is 9.36 Å². The van der Waals surface area contributed by atoms with E-state index in [1.54, 1.807) is 0 Å². The average molecular weight is 725 g/mol. The van der Waals surface area contributed by atoms with Crippen molar-refractivity contribution in [3.8, 4) is 23.0 Å². The third-order valence-electron chi connectivity index (χ3n) is 9.78. The van der Waals surface area contributed by atoms with Crippen LogP contribution in [0.3, 0.4) is 0 Å². The van der Waals surface area contributed by atoms with Crippen LogP contribution in [-0.4, -0.2) is 29.9 Å². The largest absolute Gasteiger partial charge is 0.454 e. The first-order valence-electron chi connectivity index (χ1n) is 18.2. The van der Waals surface area contributed by atoms with Crippen LogP contribution in [-0.2, 0) is 13.1 Å². The summed E-state index contributed by atoms with van der Waals surface area (Å²) in [6, 6.07) is 11.6. The zero-order chi connectivity index (χ0) is 38.3. The van der Waals surface area contributed by atoms with E-state index in [4.69, 9.17) is 41.9 Å². The lowest BCUT2D eigenvalue weighted by molar-refractivity contribution is 0.387. The van der Waals surface area contributed by atoms with Crippen molar-refractivity contribution < 1.29 is 18.5 Å². The lowest BCUT2D eigenvalue weighted by Gasteiger charge is -2.12. The highest BCUT2D eigenvalue weighted by molar-refractivity contribution is 5.62. The van der Waals surface area contributed by atoms with E-state index in [9.17, 15) is 0 Å². The molecule has 2 aromatic carbocycles. The molecule has 8 rings (SSSR count). The zero-order valence-corrected chi connectivity index (χ0v) is 32.1. The summed E-state index contributed by atoms with van der Waals surface area (Å²) in [5.74, 6) is 5.67. The second-order valence-corrected chi connectivity index (χ2v) is 14.6. The molecule has 6 aromatic rings. The molecule has 0 spiro atoms. The highest BCUT2D eigenvalue weighted by Crippen LogP contribution is 2.48. The predicted molar refractivity (Wildman–Crippen MR) is 203 cm³/mol. The molecule has 2 fully saturated rings. The Balaban J connectivity index is 0.000000167. The Labute approximate surface area is 315 Å². The normalized spacial score (nSPS) is 13.6. The van der Waals surface area contributed by atoms with E-state index < -0.39 is 0 Å². The molecule has 0 atom stereocenters. The fraction of sp³-hybridized carbons (Fsp3) is 0.381. The Kier molecular flexibility index (Phi) is 9.87. The van der Waals surface area contributed by atoms with Gasteiger partial charge in [0.25, 0.3) is 0 Å². The van der Waals surface area contributed by atoms with Gasteiger partial charge in [0.2, 0.25) is 0 Å². The molecule has 4 heterocycles. The summed E-state index contributed by atoms with van der Waals surface area (Å²) in [5.41, 5.74) is 10.8. The molecular weight excluding hydrogens is 681 g/mol. The third-order valence-corrected chi connectivity index (χ3v) is 9.78. The van der Waals surface area contributed by atoms with Crippen LogP contribution in [0.25, 0.3) is 9.69 Å². The SMILES string of the molecule is [C-]#[N+]c1c(C)cc(Oc2c(C)nn(Cc3cc(C)on3)c2C2CC2)cc1C.[C-]#[N+]c1c(C)cc(Oc2c(C3CC3)nn(Cc3cc(C)on3)c2C)cc1C. The molecule has 2 aliphatic rings. The topological polar surface area (TPSA) is 115 Å². The van der Waals surface area contributed by atoms with E-state index in [1.165, 1.54) is 0 Å². The molecule has 0 N–H and O–H groups in total. The summed E-state index contributed by atoms with van der Waals surface area (Å²) in [7, 11) is 0. The fourth-order valence-electron chi connectivity index (χ4n) is 6.87. The lowest BCUT2D eigenvalue weighted by Crippen LogP contribution is -2.06. The lowest BCUT2D eigenvalue weighted by atomic mass is 10.1.